The van der Waals surface area contributed by atoms with Crippen LogP contribution in [0.5, 0.6) is 0 Å². The van der Waals surface area contributed by atoms with Crippen LogP contribution in [0, 0.1) is 0 Å². The third kappa shape index (κ3) is 2.53. The van der Waals surface area contributed by atoms with Gasteiger partial charge in [-0.2, -0.15) is 0 Å². The molecule has 6 heteroatoms. The number of piperidine rings is 1. The first-order valence-corrected chi connectivity index (χ1v) is 8.68. The van der Waals surface area contributed by atoms with Crippen molar-refractivity contribution in [3.63, 3.8) is 0 Å². The Morgan fingerprint density at radius 3 is 2.74 bits per heavy atom. The summed E-state index contributed by atoms with van der Waals surface area (Å²) in [5.74, 6) is 2.92. The van der Waals surface area contributed by atoms with Crippen LogP contribution in [0.3, 0.4) is 0 Å². The molecule has 0 N–H and O–H groups in total. The van der Waals surface area contributed by atoms with E-state index in [0.717, 1.165) is 53.3 Å². The Balaban J connectivity index is 1.88. The number of likely N-dealkylation sites (tertiary alicyclic amines) is 1. The Morgan fingerprint density at radius 2 is 1.96 bits per heavy atom. The minimum absolute atomic E-state index is 0.561. The largest absolute Gasteiger partial charge is 0.356 e. The molecule has 1 aromatic carbocycles. The van der Waals surface area contributed by atoms with Gasteiger partial charge in [-0.15, -0.1) is 10.2 Å². The van der Waals surface area contributed by atoms with Crippen molar-refractivity contribution in [2.75, 3.05) is 13.1 Å². The van der Waals surface area contributed by atoms with Gasteiger partial charge in [0.15, 0.2) is 5.82 Å². The summed E-state index contributed by atoms with van der Waals surface area (Å²) in [5, 5.41) is 9.40. The van der Waals surface area contributed by atoms with Gasteiger partial charge in [-0.25, -0.2) is 0 Å². The van der Waals surface area contributed by atoms with Crippen LogP contribution in [0.15, 0.2) is 23.2 Å². The van der Waals surface area contributed by atoms with Crippen molar-refractivity contribution in [1.82, 2.24) is 19.7 Å². The highest BCUT2D eigenvalue weighted by Gasteiger charge is 2.25. The van der Waals surface area contributed by atoms with Gasteiger partial charge in [0.2, 0.25) is 0 Å². The maximum absolute atomic E-state index is 6.29. The van der Waals surface area contributed by atoms with Crippen molar-refractivity contribution in [1.29, 1.82) is 0 Å². The summed E-state index contributed by atoms with van der Waals surface area (Å²) in [6.45, 7) is 4.79. The molecule has 5 nitrogen and oxygen atoms in total. The van der Waals surface area contributed by atoms with Crippen LogP contribution in [-0.2, 0) is 13.0 Å². The first-order chi connectivity index (χ1) is 11.3. The van der Waals surface area contributed by atoms with Crippen molar-refractivity contribution in [2.24, 2.45) is 4.99 Å². The highest BCUT2D eigenvalue weighted by molar-refractivity contribution is 6.31. The van der Waals surface area contributed by atoms with E-state index < -0.39 is 0 Å². The first kappa shape index (κ1) is 14.7. The number of aryl methyl sites for hydroxylation is 1. The lowest BCUT2D eigenvalue weighted by atomic mass is 10.1. The van der Waals surface area contributed by atoms with Gasteiger partial charge < -0.3 is 4.90 Å². The molecule has 0 amide bonds. The number of aromatic nitrogens is 3. The van der Waals surface area contributed by atoms with Crippen LogP contribution in [0.25, 0.3) is 5.69 Å². The predicted molar refractivity (Wildman–Crippen MR) is 91.4 cm³/mol. The maximum atomic E-state index is 6.29. The average Bonchev–Trinajstić information content (AvgIpc) is 2.92. The zero-order chi connectivity index (χ0) is 15.8. The summed E-state index contributed by atoms with van der Waals surface area (Å²) < 4.78 is 2.14. The number of hydrogen-bond donors (Lipinski definition) is 0. The van der Waals surface area contributed by atoms with E-state index in [9.17, 15) is 0 Å². The fourth-order valence-electron chi connectivity index (χ4n) is 3.45. The molecular weight excluding hydrogens is 310 g/mol. The molecule has 0 radical (unpaired) electrons. The standard InChI is InChI=1S/C17H20ClN5/c1-2-15-20-21-16-11-19-17(22-8-4-3-5-9-22)13-10-12(18)6-7-14(13)23(15)16/h6-7,10H,2-5,8-9,11H2,1H3. The molecule has 0 atom stereocenters. The number of nitrogens with zero attached hydrogens (tertiary/aromatic N) is 5. The quantitative estimate of drug-likeness (QED) is 0.807. The van der Waals surface area contributed by atoms with Crippen molar-refractivity contribution in [3.8, 4) is 5.69 Å². The monoisotopic (exact) mass is 329 g/mol. The SMILES string of the molecule is CCc1nnc2n1-c1ccc(Cl)cc1C(N1CCCCC1)=NC2. The molecule has 1 saturated heterocycles. The van der Waals surface area contributed by atoms with Crippen molar-refractivity contribution in [2.45, 2.75) is 39.2 Å². The summed E-state index contributed by atoms with van der Waals surface area (Å²) in [6, 6.07) is 6.02. The molecule has 0 saturated carbocycles. The van der Waals surface area contributed by atoms with Gasteiger partial charge in [0.05, 0.1) is 5.69 Å². The Bertz CT molecular complexity index is 758. The number of benzene rings is 1. The van der Waals surface area contributed by atoms with Crippen molar-refractivity contribution >= 4 is 17.4 Å². The van der Waals surface area contributed by atoms with Crippen LogP contribution >= 0.6 is 11.6 Å². The molecule has 3 heterocycles. The molecule has 4 rings (SSSR count). The number of rotatable bonds is 1. The zero-order valence-electron chi connectivity index (χ0n) is 13.3. The second-order valence-electron chi connectivity index (χ2n) is 6.07. The van der Waals surface area contributed by atoms with Crippen molar-refractivity contribution < 1.29 is 0 Å². The third-order valence-corrected chi connectivity index (χ3v) is 4.81. The molecule has 0 aliphatic carbocycles. The molecule has 2 aliphatic heterocycles. The van der Waals surface area contributed by atoms with Gasteiger partial charge in [0, 0.05) is 30.1 Å². The van der Waals surface area contributed by atoms with E-state index in [1.807, 2.05) is 12.1 Å². The topological polar surface area (TPSA) is 46.3 Å². The smallest absolute Gasteiger partial charge is 0.159 e. The maximum Gasteiger partial charge on any atom is 0.159 e. The molecule has 0 unspecified atom stereocenters. The van der Waals surface area contributed by atoms with Crippen LogP contribution in [0.1, 0.15) is 43.4 Å². The van der Waals surface area contributed by atoms with E-state index in [1.54, 1.807) is 0 Å². The highest BCUT2D eigenvalue weighted by atomic mass is 35.5. The average molecular weight is 330 g/mol. The molecule has 0 bridgehead atoms. The van der Waals surface area contributed by atoms with Gasteiger partial charge >= 0.3 is 0 Å². The molecule has 2 aromatic rings. The number of amidine groups is 1. The lowest BCUT2D eigenvalue weighted by molar-refractivity contribution is 0.342. The van der Waals surface area contributed by atoms with Gasteiger partial charge in [-0.3, -0.25) is 9.56 Å². The van der Waals surface area contributed by atoms with Gasteiger partial charge in [0.25, 0.3) is 0 Å². The fourth-order valence-corrected chi connectivity index (χ4v) is 3.62. The summed E-state index contributed by atoms with van der Waals surface area (Å²) in [7, 11) is 0. The minimum Gasteiger partial charge on any atom is -0.356 e. The zero-order valence-corrected chi connectivity index (χ0v) is 14.1. The summed E-state index contributed by atoms with van der Waals surface area (Å²) >= 11 is 6.29. The Labute approximate surface area is 141 Å². The van der Waals surface area contributed by atoms with E-state index in [4.69, 9.17) is 16.6 Å². The molecule has 23 heavy (non-hydrogen) atoms. The van der Waals surface area contributed by atoms with Gasteiger partial charge in [-0.1, -0.05) is 18.5 Å². The number of aliphatic imine (C=N–C) groups is 1. The van der Waals surface area contributed by atoms with Gasteiger partial charge in [0.1, 0.15) is 18.2 Å². The number of hydrogen-bond acceptors (Lipinski definition) is 4. The third-order valence-electron chi connectivity index (χ3n) is 4.58. The van der Waals surface area contributed by atoms with E-state index in [1.165, 1.54) is 19.3 Å². The first-order valence-electron chi connectivity index (χ1n) is 8.31. The van der Waals surface area contributed by atoms with E-state index in [2.05, 4.69) is 32.7 Å². The molecular formula is C17H20ClN5. The second kappa shape index (κ2) is 5.96. The normalized spacial score (nSPS) is 17.3. The molecule has 1 fully saturated rings. The lowest BCUT2D eigenvalue weighted by Crippen LogP contribution is -2.36. The van der Waals surface area contributed by atoms with Crippen molar-refractivity contribution in [3.05, 3.63) is 40.4 Å². The highest BCUT2D eigenvalue weighted by Crippen LogP contribution is 2.28. The summed E-state index contributed by atoms with van der Waals surface area (Å²) in [6.07, 6.45) is 4.59. The Kier molecular flexibility index (Phi) is 3.81. The number of halogens is 1. The van der Waals surface area contributed by atoms with Gasteiger partial charge in [-0.05, 0) is 37.5 Å². The molecule has 2 aliphatic rings. The lowest BCUT2D eigenvalue weighted by Gasteiger charge is -2.30. The molecule has 120 valence electrons. The van der Waals surface area contributed by atoms with E-state index in [-0.39, 0.29) is 0 Å². The Hall–Kier alpha value is -1.88. The summed E-state index contributed by atoms with van der Waals surface area (Å²) in [5.41, 5.74) is 2.18. The second-order valence-corrected chi connectivity index (χ2v) is 6.51. The Morgan fingerprint density at radius 1 is 1.13 bits per heavy atom. The minimum atomic E-state index is 0.561. The van der Waals surface area contributed by atoms with Crippen LogP contribution in [0.4, 0.5) is 0 Å². The predicted octanol–water partition coefficient (Wildman–Crippen LogP) is 3.23. The van der Waals surface area contributed by atoms with Crippen LogP contribution in [-0.4, -0.2) is 38.6 Å². The molecule has 0 spiro atoms. The summed E-state index contributed by atoms with van der Waals surface area (Å²) in [4.78, 5) is 7.27. The van der Waals surface area contributed by atoms with Crippen LogP contribution in [0.2, 0.25) is 5.02 Å². The van der Waals surface area contributed by atoms with Crippen LogP contribution < -0.4 is 0 Å². The number of fused-ring (bicyclic) bond motifs is 3. The molecule has 1 aromatic heterocycles. The van der Waals surface area contributed by atoms with E-state index >= 15 is 0 Å². The van der Waals surface area contributed by atoms with E-state index in [0.29, 0.717) is 6.54 Å². The fraction of sp³-hybridized carbons (Fsp3) is 0.471.